The van der Waals surface area contributed by atoms with Crippen LogP contribution in [0, 0.1) is 5.82 Å². The monoisotopic (exact) mass is 266 g/mol. The second-order valence-electron chi connectivity index (χ2n) is 5.09. The van der Waals surface area contributed by atoms with Gasteiger partial charge in [0.25, 0.3) is 5.91 Å². The minimum absolute atomic E-state index is 0.0136. The summed E-state index contributed by atoms with van der Waals surface area (Å²) < 4.78 is 13.2. The van der Waals surface area contributed by atoms with Crippen molar-refractivity contribution >= 4 is 5.91 Å². The van der Waals surface area contributed by atoms with E-state index < -0.39 is 5.82 Å². The highest BCUT2D eigenvalue weighted by Crippen LogP contribution is 2.25. The largest absolute Gasteiger partial charge is 0.507 e. The molecule has 1 fully saturated rings. The number of carbonyl (C=O) groups excluding carboxylic acids is 1. The molecule has 0 bridgehead atoms. The first-order valence-electron chi connectivity index (χ1n) is 6.52. The third kappa shape index (κ3) is 2.87. The van der Waals surface area contributed by atoms with Gasteiger partial charge in [-0.05, 0) is 31.0 Å². The molecule has 3 N–H and O–H groups in total. The van der Waals surface area contributed by atoms with Gasteiger partial charge in [-0.25, -0.2) is 4.39 Å². The highest BCUT2D eigenvalue weighted by Gasteiger charge is 2.29. The van der Waals surface area contributed by atoms with Crippen LogP contribution in [-0.4, -0.2) is 35.0 Å². The number of benzene rings is 1. The third-order valence-electron chi connectivity index (χ3n) is 3.79. The first-order chi connectivity index (χ1) is 9.00. The number of phenols is 1. The highest BCUT2D eigenvalue weighted by molar-refractivity contribution is 5.96. The maximum atomic E-state index is 13.2. The second kappa shape index (κ2) is 5.57. The Balaban J connectivity index is 2.20. The number of likely N-dealkylation sites (N-methyl/N-ethyl adjacent to an activating group) is 1. The van der Waals surface area contributed by atoms with Crippen LogP contribution in [0.4, 0.5) is 4.39 Å². The third-order valence-corrected chi connectivity index (χ3v) is 3.79. The van der Waals surface area contributed by atoms with Crippen molar-refractivity contribution < 1.29 is 14.3 Å². The molecule has 1 aromatic carbocycles. The first kappa shape index (κ1) is 13.8. The van der Waals surface area contributed by atoms with Crippen LogP contribution in [0.15, 0.2) is 18.2 Å². The van der Waals surface area contributed by atoms with Gasteiger partial charge in [0, 0.05) is 19.1 Å². The predicted molar refractivity (Wildman–Crippen MR) is 70.4 cm³/mol. The van der Waals surface area contributed by atoms with Gasteiger partial charge < -0.3 is 15.7 Å². The van der Waals surface area contributed by atoms with Gasteiger partial charge in [-0.1, -0.05) is 12.8 Å². The molecular weight excluding hydrogens is 247 g/mol. The van der Waals surface area contributed by atoms with Crippen molar-refractivity contribution in [2.24, 2.45) is 5.73 Å². The van der Waals surface area contributed by atoms with Crippen LogP contribution in [0.1, 0.15) is 36.0 Å². The van der Waals surface area contributed by atoms with E-state index in [1.54, 1.807) is 7.05 Å². The van der Waals surface area contributed by atoms with Crippen LogP contribution >= 0.6 is 0 Å². The van der Waals surface area contributed by atoms with Crippen LogP contribution in [0.25, 0.3) is 0 Å². The van der Waals surface area contributed by atoms with Crippen molar-refractivity contribution in [1.82, 2.24) is 4.90 Å². The van der Waals surface area contributed by atoms with E-state index in [-0.39, 0.29) is 29.3 Å². The molecule has 104 valence electrons. The van der Waals surface area contributed by atoms with E-state index in [2.05, 4.69) is 0 Å². The van der Waals surface area contributed by atoms with E-state index in [9.17, 15) is 14.3 Å². The molecule has 4 nitrogen and oxygen atoms in total. The summed E-state index contributed by atoms with van der Waals surface area (Å²) >= 11 is 0. The number of aromatic hydroxyl groups is 1. The van der Waals surface area contributed by atoms with E-state index in [0.29, 0.717) is 0 Å². The summed E-state index contributed by atoms with van der Waals surface area (Å²) in [5.41, 5.74) is 6.02. The number of hydrogen-bond acceptors (Lipinski definition) is 3. The van der Waals surface area contributed by atoms with Crippen molar-refractivity contribution in [2.75, 3.05) is 7.05 Å². The van der Waals surface area contributed by atoms with E-state index in [0.717, 1.165) is 37.8 Å². The molecule has 1 aliphatic rings. The molecule has 0 radical (unpaired) electrons. The average Bonchev–Trinajstić information content (AvgIpc) is 2.40. The van der Waals surface area contributed by atoms with Gasteiger partial charge in [-0.3, -0.25) is 4.79 Å². The molecule has 1 aliphatic carbocycles. The fourth-order valence-corrected chi connectivity index (χ4v) is 2.64. The number of halogens is 1. The Hall–Kier alpha value is -1.62. The molecule has 0 heterocycles. The van der Waals surface area contributed by atoms with Gasteiger partial charge in [0.2, 0.25) is 0 Å². The zero-order chi connectivity index (χ0) is 14.0. The molecule has 2 unspecified atom stereocenters. The molecule has 0 saturated heterocycles. The normalized spacial score (nSPS) is 23.1. The Morgan fingerprint density at radius 2 is 2.11 bits per heavy atom. The summed E-state index contributed by atoms with van der Waals surface area (Å²) in [5.74, 6) is -1.13. The van der Waals surface area contributed by atoms with E-state index in [1.807, 2.05) is 0 Å². The maximum absolute atomic E-state index is 13.2. The highest BCUT2D eigenvalue weighted by atomic mass is 19.1. The smallest absolute Gasteiger partial charge is 0.257 e. The lowest BCUT2D eigenvalue weighted by Gasteiger charge is -2.36. The lowest BCUT2D eigenvalue weighted by molar-refractivity contribution is 0.0668. The number of rotatable bonds is 2. The molecule has 2 rings (SSSR count). The molecule has 0 aliphatic heterocycles. The average molecular weight is 266 g/mol. The van der Waals surface area contributed by atoms with Gasteiger partial charge in [0.15, 0.2) is 0 Å². The quantitative estimate of drug-likeness (QED) is 0.858. The molecule has 0 aromatic heterocycles. The fourth-order valence-electron chi connectivity index (χ4n) is 2.64. The molecular formula is C14H19FN2O2. The van der Waals surface area contributed by atoms with E-state index in [4.69, 9.17) is 5.73 Å². The van der Waals surface area contributed by atoms with Crippen LogP contribution in [0.3, 0.4) is 0 Å². The van der Waals surface area contributed by atoms with Crippen molar-refractivity contribution in [2.45, 2.75) is 37.8 Å². The number of nitrogens with two attached hydrogens (primary N) is 1. The summed E-state index contributed by atoms with van der Waals surface area (Å²) in [4.78, 5) is 13.8. The van der Waals surface area contributed by atoms with Gasteiger partial charge in [-0.15, -0.1) is 0 Å². The van der Waals surface area contributed by atoms with Crippen LogP contribution < -0.4 is 5.73 Å². The van der Waals surface area contributed by atoms with Crippen molar-refractivity contribution in [3.05, 3.63) is 29.6 Å². The topological polar surface area (TPSA) is 66.6 Å². The Morgan fingerprint density at radius 1 is 1.42 bits per heavy atom. The molecule has 2 atom stereocenters. The summed E-state index contributed by atoms with van der Waals surface area (Å²) in [6, 6.07) is 3.26. The summed E-state index contributed by atoms with van der Waals surface area (Å²) in [5, 5.41) is 9.67. The summed E-state index contributed by atoms with van der Waals surface area (Å²) in [7, 11) is 1.66. The van der Waals surface area contributed by atoms with Gasteiger partial charge in [0.05, 0.1) is 5.56 Å². The lowest BCUT2D eigenvalue weighted by Crippen LogP contribution is -2.50. The number of nitrogens with zero attached hydrogens (tertiary/aromatic N) is 1. The zero-order valence-electron chi connectivity index (χ0n) is 11.0. The first-order valence-corrected chi connectivity index (χ1v) is 6.52. The molecule has 1 aromatic rings. The maximum Gasteiger partial charge on any atom is 0.257 e. The van der Waals surface area contributed by atoms with Crippen LogP contribution in [-0.2, 0) is 0 Å². The van der Waals surface area contributed by atoms with Crippen molar-refractivity contribution in [1.29, 1.82) is 0 Å². The molecule has 0 spiro atoms. The van der Waals surface area contributed by atoms with Crippen molar-refractivity contribution in [3.8, 4) is 5.75 Å². The van der Waals surface area contributed by atoms with Crippen molar-refractivity contribution in [3.63, 3.8) is 0 Å². The Kier molecular flexibility index (Phi) is 4.04. The van der Waals surface area contributed by atoms with Crippen LogP contribution in [0.5, 0.6) is 5.75 Å². The Labute approximate surface area is 112 Å². The standard InChI is InChI=1S/C14H19FN2O2/c1-17(12-5-3-2-4-11(12)16)14(19)10-8-9(15)6-7-13(10)18/h6-8,11-12,18H,2-5,16H2,1H3. The number of carbonyl (C=O) groups is 1. The van der Waals surface area contributed by atoms with Gasteiger partial charge in [-0.2, -0.15) is 0 Å². The second-order valence-corrected chi connectivity index (χ2v) is 5.09. The minimum Gasteiger partial charge on any atom is -0.507 e. The number of amides is 1. The SMILES string of the molecule is CN(C(=O)c1cc(F)ccc1O)C1CCCCC1N. The molecule has 5 heteroatoms. The molecule has 19 heavy (non-hydrogen) atoms. The summed E-state index contributed by atoms with van der Waals surface area (Å²) in [6.45, 7) is 0. The van der Waals surface area contributed by atoms with E-state index >= 15 is 0 Å². The minimum atomic E-state index is -0.539. The predicted octanol–water partition coefficient (Wildman–Crippen LogP) is 1.87. The van der Waals surface area contributed by atoms with E-state index in [1.165, 1.54) is 11.0 Å². The zero-order valence-corrected chi connectivity index (χ0v) is 11.0. The number of phenolic OH excluding ortho intramolecular Hbond substituents is 1. The number of hydrogen-bond donors (Lipinski definition) is 2. The molecule has 1 saturated carbocycles. The summed E-state index contributed by atoms with van der Waals surface area (Å²) in [6.07, 6.45) is 3.84. The van der Waals surface area contributed by atoms with Crippen LogP contribution in [0.2, 0.25) is 0 Å². The van der Waals surface area contributed by atoms with Gasteiger partial charge in [0.1, 0.15) is 11.6 Å². The lowest BCUT2D eigenvalue weighted by atomic mass is 9.89. The van der Waals surface area contributed by atoms with Gasteiger partial charge >= 0.3 is 0 Å². The Bertz CT molecular complexity index is 479. The Morgan fingerprint density at radius 3 is 2.79 bits per heavy atom. The molecule has 1 amide bonds. The fraction of sp³-hybridized carbons (Fsp3) is 0.500.